The number of aromatic nitrogens is 2. The second kappa shape index (κ2) is 7.40. The van der Waals surface area contributed by atoms with Gasteiger partial charge < -0.3 is 15.0 Å². The highest BCUT2D eigenvalue weighted by Gasteiger charge is 2.26. The molecule has 2 aliphatic heterocycles. The SMILES string of the molecule is Cc1ccc2c(c1)C(NC1CCN(c3ncccn3)CC1)CCCO2. The maximum absolute atomic E-state index is 5.93. The number of nitrogens with zero attached hydrogens (tertiary/aromatic N) is 3. The van der Waals surface area contributed by atoms with Crippen LogP contribution in [-0.2, 0) is 0 Å². The van der Waals surface area contributed by atoms with Crippen molar-refractivity contribution in [3.63, 3.8) is 0 Å². The van der Waals surface area contributed by atoms with Gasteiger partial charge in [-0.2, -0.15) is 0 Å². The number of nitrogens with one attached hydrogen (secondary N) is 1. The minimum atomic E-state index is 0.391. The number of anilines is 1. The Balaban J connectivity index is 1.41. The van der Waals surface area contributed by atoms with E-state index >= 15 is 0 Å². The van der Waals surface area contributed by atoms with E-state index in [-0.39, 0.29) is 0 Å². The van der Waals surface area contributed by atoms with E-state index in [1.165, 1.54) is 11.1 Å². The quantitative estimate of drug-likeness (QED) is 0.931. The molecule has 0 bridgehead atoms. The van der Waals surface area contributed by atoms with Gasteiger partial charge in [0.05, 0.1) is 6.61 Å². The molecule has 4 rings (SSSR count). The van der Waals surface area contributed by atoms with Crippen molar-refractivity contribution in [3.8, 4) is 5.75 Å². The van der Waals surface area contributed by atoms with E-state index < -0.39 is 0 Å². The van der Waals surface area contributed by atoms with E-state index in [0.29, 0.717) is 12.1 Å². The molecule has 1 N–H and O–H groups in total. The number of aryl methyl sites for hydroxylation is 1. The molecule has 1 aromatic heterocycles. The largest absolute Gasteiger partial charge is 0.493 e. The molecule has 0 amide bonds. The van der Waals surface area contributed by atoms with Crippen LogP contribution >= 0.6 is 0 Å². The third-order valence-electron chi connectivity index (χ3n) is 5.20. The van der Waals surface area contributed by atoms with Crippen molar-refractivity contribution in [2.24, 2.45) is 0 Å². The topological polar surface area (TPSA) is 50.3 Å². The maximum atomic E-state index is 5.93. The lowest BCUT2D eigenvalue weighted by atomic mass is 9.97. The van der Waals surface area contributed by atoms with Crippen molar-refractivity contribution in [2.45, 2.75) is 44.7 Å². The zero-order valence-electron chi connectivity index (χ0n) is 14.8. The number of rotatable bonds is 3. The maximum Gasteiger partial charge on any atom is 0.225 e. The van der Waals surface area contributed by atoms with Crippen LogP contribution in [0.25, 0.3) is 0 Å². The number of hydrogen-bond acceptors (Lipinski definition) is 5. The zero-order valence-corrected chi connectivity index (χ0v) is 14.8. The highest BCUT2D eigenvalue weighted by atomic mass is 16.5. The van der Waals surface area contributed by atoms with E-state index in [1.54, 1.807) is 0 Å². The van der Waals surface area contributed by atoms with Crippen LogP contribution in [0.2, 0.25) is 0 Å². The summed E-state index contributed by atoms with van der Waals surface area (Å²) in [4.78, 5) is 11.0. The van der Waals surface area contributed by atoms with Crippen LogP contribution < -0.4 is 15.0 Å². The molecule has 1 saturated heterocycles. The first-order chi connectivity index (χ1) is 12.3. The minimum Gasteiger partial charge on any atom is -0.493 e. The van der Waals surface area contributed by atoms with Gasteiger partial charge in [-0.25, -0.2) is 9.97 Å². The first kappa shape index (κ1) is 16.3. The van der Waals surface area contributed by atoms with E-state index in [2.05, 4.69) is 45.3 Å². The Labute approximate surface area is 149 Å². The normalized spacial score (nSPS) is 21.3. The Kier molecular flexibility index (Phi) is 4.83. The summed E-state index contributed by atoms with van der Waals surface area (Å²) in [5, 5.41) is 3.91. The summed E-state index contributed by atoms with van der Waals surface area (Å²) in [6.45, 7) is 4.98. The van der Waals surface area contributed by atoms with Crippen LogP contribution in [0.15, 0.2) is 36.7 Å². The molecular weight excluding hydrogens is 312 g/mol. The summed E-state index contributed by atoms with van der Waals surface area (Å²) in [5.74, 6) is 1.90. The van der Waals surface area contributed by atoms with E-state index in [4.69, 9.17) is 4.74 Å². The first-order valence-electron chi connectivity index (χ1n) is 9.31. The fourth-order valence-corrected chi connectivity index (χ4v) is 3.86. The molecule has 2 aromatic rings. The van der Waals surface area contributed by atoms with Crippen LogP contribution in [-0.4, -0.2) is 35.7 Å². The Morgan fingerprint density at radius 2 is 1.92 bits per heavy atom. The molecule has 1 unspecified atom stereocenters. The van der Waals surface area contributed by atoms with Crippen LogP contribution in [0.1, 0.15) is 42.9 Å². The molecule has 132 valence electrons. The summed E-state index contributed by atoms with van der Waals surface area (Å²) in [6, 6.07) is 9.34. The monoisotopic (exact) mass is 338 g/mol. The molecular formula is C20H26N4O. The molecule has 3 heterocycles. The predicted molar refractivity (Wildman–Crippen MR) is 99.1 cm³/mol. The third kappa shape index (κ3) is 3.76. The summed E-state index contributed by atoms with van der Waals surface area (Å²) in [5.41, 5.74) is 2.62. The number of benzene rings is 1. The summed E-state index contributed by atoms with van der Waals surface area (Å²) >= 11 is 0. The van der Waals surface area contributed by atoms with Gasteiger partial charge in [0.25, 0.3) is 0 Å². The molecule has 5 heteroatoms. The highest BCUT2D eigenvalue weighted by molar-refractivity contribution is 5.40. The number of ether oxygens (including phenoxy) is 1. The number of piperidine rings is 1. The first-order valence-corrected chi connectivity index (χ1v) is 9.31. The van der Waals surface area contributed by atoms with Crippen molar-refractivity contribution in [3.05, 3.63) is 47.8 Å². The van der Waals surface area contributed by atoms with Gasteiger partial charge >= 0.3 is 0 Å². The van der Waals surface area contributed by atoms with Crippen LogP contribution in [0.3, 0.4) is 0 Å². The zero-order chi connectivity index (χ0) is 17.1. The lowest BCUT2D eigenvalue weighted by molar-refractivity contribution is 0.312. The fraction of sp³-hybridized carbons (Fsp3) is 0.500. The Morgan fingerprint density at radius 1 is 1.12 bits per heavy atom. The second-order valence-corrected chi connectivity index (χ2v) is 7.06. The highest BCUT2D eigenvalue weighted by Crippen LogP contribution is 2.33. The van der Waals surface area contributed by atoms with Gasteiger partial charge in [-0.1, -0.05) is 17.7 Å². The Hall–Kier alpha value is -2.14. The van der Waals surface area contributed by atoms with E-state index in [1.807, 2.05) is 18.5 Å². The molecule has 1 fully saturated rings. The number of hydrogen-bond donors (Lipinski definition) is 1. The predicted octanol–water partition coefficient (Wildman–Crippen LogP) is 3.26. The summed E-state index contributed by atoms with van der Waals surface area (Å²) in [6.07, 6.45) is 8.11. The molecule has 0 spiro atoms. The van der Waals surface area contributed by atoms with Gasteiger partial charge in [0.1, 0.15) is 5.75 Å². The average molecular weight is 338 g/mol. The van der Waals surface area contributed by atoms with Crippen molar-refractivity contribution in [1.82, 2.24) is 15.3 Å². The molecule has 0 radical (unpaired) electrons. The van der Waals surface area contributed by atoms with E-state index in [0.717, 1.165) is 57.1 Å². The van der Waals surface area contributed by atoms with Crippen molar-refractivity contribution >= 4 is 5.95 Å². The number of fused-ring (bicyclic) bond motifs is 1. The minimum absolute atomic E-state index is 0.391. The smallest absolute Gasteiger partial charge is 0.225 e. The van der Waals surface area contributed by atoms with Crippen LogP contribution in [0.4, 0.5) is 5.95 Å². The Morgan fingerprint density at radius 3 is 2.72 bits per heavy atom. The molecule has 0 saturated carbocycles. The Bertz CT molecular complexity index is 698. The van der Waals surface area contributed by atoms with Crippen LogP contribution in [0, 0.1) is 6.92 Å². The summed E-state index contributed by atoms with van der Waals surface area (Å²) < 4.78 is 5.93. The van der Waals surface area contributed by atoms with Gasteiger partial charge in [-0.3, -0.25) is 0 Å². The van der Waals surface area contributed by atoms with E-state index in [9.17, 15) is 0 Å². The molecule has 1 aromatic carbocycles. The van der Waals surface area contributed by atoms with Gasteiger partial charge in [0, 0.05) is 43.1 Å². The average Bonchev–Trinajstić information content (AvgIpc) is 2.85. The third-order valence-corrected chi connectivity index (χ3v) is 5.20. The van der Waals surface area contributed by atoms with Gasteiger partial charge in [-0.05, 0) is 44.7 Å². The molecule has 1 atom stereocenters. The van der Waals surface area contributed by atoms with Crippen molar-refractivity contribution < 1.29 is 4.74 Å². The second-order valence-electron chi connectivity index (χ2n) is 7.06. The van der Waals surface area contributed by atoms with Crippen molar-refractivity contribution in [2.75, 3.05) is 24.6 Å². The van der Waals surface area contributed by atoms with Crippen LogP contribution in [0.5, 0.6) is 5.75 Å². The molecule has 5 nitrogen and oxygen atoms in total. The lowest BCUT2D eigenvalue weighted by Crippen LogP contribution is -2.44. The summed E-state index contributed by atoms with van der Waals surface area (Å²) in [7, 11) is 0. The fourth-order valence-electron chi connectivity index (χ4n) is 3.86. The molecule has 25 heavy (non-hydrogen) atoms. The standard InChI is InChI=1S/C20H26N4O/c1-15-5-6-19-17(14-15)18(4-2-13-25-19)23-16-7-11-24(12-8-16)20-21-9-3-10-22-20/h3,5-6,9-10,14,16,18,23H,2,4,7-8,11-13H2,1H3. The van der Waals surface area contributed by atoms with Gasteiger partial charge in [-0.15, -0.1) is 0 Å². The molecule has 2 aliphatic rings. The van der Waals surface area contributed by atoms with Gasteiger partial charge in [0.15, 0.2) is 0 Å². The van der Waals surface area contributed by atoms with Crippen molar-refractivity contribution in [1.29, 1.82) is 0 Å². The van der Waals surface area contributed by atoms with Gasteiger partial charge in [0.2, 0.25) is 5.95 Å². The lowest BCUT2D eigenvalue weighted by Gasteiger charge is -2.34. The molecule has 0 aliphatic carbocycles.